The first-order chi connectivity index (χ1) is 13.1. The average molecular weight is 412 g/mol. The highest BCUT2D eigenvalue weighted by molar-refractivity contribution is 7.99. The van der Waals surface area contributed by atoms with E-state index in [1.165, 1.54) is 25.0 Å². The van der Waals surface area contributed by atoms with E-state index in [-0.39, 0.29) is 0 Å². The van der Waals surface area contributed by atoms with Gasteiger partial charge in [-0.1, -0.05) is 11.6 Å². The first-order valence-electron chi connectivity index (χ1n) is 9.31. The van der Waals surface area contributed by atoms with Crippen molar-refractivity contribution in [1.82, 2.24) is 10.2 Å². The maximum atomic E-state index is 12.2. The number of rotatable bonds is 5. The molecule has 1 atom stereocenters. The number of piperidine rings is 1. The minimum atomic E-state index is -0.712. The molecule has 0 aromatic heterocycles. The van der Waals surface area contributed by atoms with Crippen LogP contribution in [0.5, 0.6) is 5.75 Å². The number of halogens is 1. The molecule has 1 aromatic carbocycles. The molecule has 0 aliphatic carbocycles. The SMILES string of the molecule is COc1ccc(Cl)cc1NC(=O)C(=O)NCC1CCN(C2CCSC2)CC1. The summed E-state index contributed by atoms with van der Waals surface area (Å²) in [5, 5.41) is 5.78. The minimum absolute atomic E-state index is 0.382. The van der Waals surface area contributed by atoms with E-state index in [0.29, 0.717) is 28.9 Å². The van der Waals surface area contributed by atoms with Gasteiger partial charge in [0.1, 0.15) is 5.75 Å². The number of nitrogens with zero attached hydrogens (tertiary/aromatic N) is 1. The summed E-state index contributed by atoms with van der Waals surface area (Å²) in [5.74, 6) is 2.05. The number of carbonyl (C=O) groups is 2. The second-order valence-corrected chi connectivity index (χ2v) is 8.59. The molecule has 2 saturated heterocycles. The lowest BCUT2D eigenvalue weighted by Crippen LogP contribution is -2.45. The molecule has 8 heteroatoms. The molecule has 0 bridgehead atoms. The molecule has 3 rings (SSSR count). The molecule has 1 unspecified atom stereocenters. The Labute approximate surface area is 169 Å². The van der Waals surface area contributed by atoms with Crippen molar-refractivity contribution in [3.63, 3.8) is 0 Å². The van der Waals surface area contributed by atoms with Gasteiger partial charge in [0, 0.05) is 23.4 Å². The van der Waals surface area contributed by atoms with Crippen LogP contribution in [0.4, 0.5) is 5.69 Å². The van der Waals surface area contributed by atoms with E-state index in [9.17, 15) is 9.59 Å². The van der Waals surface area contributed by atoms with Gasteiger partial charge < -0.3 is 15.4 Å². The van der Waals surface area contributed by atoms with Crippen LogP contribution in [0.15, 0.2) is 18.2 Å². The zero-order valence-electron chi connectivity index (χ0n) is 15.5. The first-order valence-corrected chi connectivity index (χ1v) is 10.8. The minimum Gasteiger partial charge on any atom is -0.495 e. The van der Waals surface area contributed by atoms with Crippen molar-refractivity contribution >= 4 is 40.9 Å². The van der Waals surface area contributed by atoms with Crippen LogP contribution in [0.1, 0.15) is 19.3 Å². The molecule has 2 aliphatic rings. The number of hydrogen-bond donors (Lipinski definition) is 2. The lowest BCUT2D eigenvalue weighted by molar-refractivity contribution is -0.136. The molecule has 2 N–H and O–H groups in total. The molecule has 2 aliphatic heterocycles. The van der Waals surface area contributed by atoms with Gasteiger partial charge in [0.15, 0.2) is 0 Å². The number of carbonyl (C=O) groups excluding carboxylic acids is 2. The van der Waals surface area contributed by atoms with E-state index >= 15 is 0 Å². The number of likely N-dealkylation sites (tertiary alicyclic amines) is 1. The van der Waals surface area contributed by atoms with Gasteiger partial charge >= 0.3 is 11.8 Å². The Morgan fingerprint density at radius 3 is 2.70 bits per heavy atom. The second-order valence-electron chi connectivity index (χ2n) is 7.01. The molecular weight excluding hydrogens is 386 g/mol. The Balaban J connectivity index is 1.43. The van der Waals surface area contributed by atoms with Gasteiger partial charge in [-0.15, -0.1) is 0 Å². The third-order valence-corrected chi connectivity index (χ3v) is 6.62. The Morgan fingerprint density at radius 2 is 2.04 bits per heavy atom. The standard InChI is InChI=1S/C19H26ClN3O3S/c1-26-17-3-2-14(20)10-16(17)22-19(25)18(24)21-11-13-4-7-23(8-5-13)15-6-9-27-12-15/h2-3,10,13,15H,4-9,11-12H2,1H3,(H,21,24)(H,22,25). The second kappa shape index (κ2) is 9.66. The number of hydrogen-bond acceptors (Lipinski definition) is 5. The van der Waals surface area contributed by atoms with Crippen LogP contribution in [0, 0.1) is 5.92 Å². The summed E-state index contributed by atoms with van der Waals surface area (Å²) >= 11 is 7.98. The molecule has 2 amide bonds. The molecule has 0 spiro atoms. The third-order valence-electron chi connectivity index (χ3n) is 5.24. The number of anilines is 1. The molecule has 2 fully saturated rings. The van der Waals surface area contributed by atoms with Crippen LogP contribution >= 0.6 is 23.4 Å². The highest BCUT2D eigenvalue weighted by atomic mass is 35.5. The summed E-state index contributed by atoms with van der Waals surface area (Å²) in [5.41, 5.74) is 0.382. The quantitative estimate of drug-likeness (QED) is 0.729. The molecule has 6 nitrogen and oxygen atoms in total. The Kier molecular flexibility index (Phi) is 7.26. The highest BCUT2D eigenvalue weighted by Crippen LogP contribution is 2.28. The number of amides is 2. The van der Waals surface area contributed by atoms with Crippen LogP contribution in [0.25, 0.3) is 0 Å². The van der Waals surface area contributed by atoms with Crippen LogP contribution in [0.2, 0.25) is 5.02 Å². The largest absolute Gasteiger partial charge is 0.495 e. The summed E-state index contributed by atoms with van der Waals surface area (Å²) in [4.78, 5) is 26.9. The van der Waals surface area contributed by atoms with Gasteiger partial charge in [-0.2, -0.15) is 11.8 Å². The number of ether oxygens (including phenoxy) is 1. The number of benzene rings is 1. The fourth-order valence-corrected chi connectivity index (χ4v) is 5.03. The summed E-state index contributed by atoms with van der Waals surface area (Å²) < 4.78 is 5.18. The zero-order valence-corrected chi connectivity index (χ0v) is 17.1. The molecule has 2 heterocycles. The van der Waals surface area contributed by atoms with Crippen molar-refractivity contribution < 1.29 is 14.3 Å². The van der Waals surface area contributed by atoms with Gasteiger partial charge in [-0.25, -0.2) is 0 Å². The summed E-state index contributed by atoms with van der Waals surface area (Å²) in [7, 11) is 1.50. The van der Waals surface area contributed by atoms with Crippen LogP contribution < -0.4 is 15.4 Å². The normalized spacial score (nSPS) is 21.0. The summed E-state index contributed by atoms with van der Waals surface area (Å²) in [6.45, 7) is 2.70. The topological polar surface area (TPSA) is 70.7 Å². The maximum Gasteiger partial charge on any atom is 0.313 e. The zero-order chi connectivity index (χ0) is 19.2. The fraction of sp³-hybridized carbons (Fsp3) is 0.579. The molecule has 0 saturated carbocycles. The molecule has 0 radical (unpaired) electrons. The van der Waals surface area contributed by atoms with Gasteiger partial charge in [0.2, 0.25) is 0 Å². The lowest BCUT2D eigenvalue weighted by atomic mass is 9.95. The molecule has 1 aromatic rings. The first kappa shape index (κ1) is 20.3. The van der Waals surface area contributed by atoms with Crippen molar-refractivity contribution in [1.29, 1.82) is 0 Å². The lowest BCUT2D eigenvalue weighted by Gasteiger charge is -2.35. The maximum absolute atomic E-state index is 12.2. The van der Waals surface area contributed by atoms with Crippen LogP contribution in [-0.4, -0.2) is 61.0 Å². The van der Waals surface area contributed by atoms with E-state index < -0.39 is 11.8 Å². The number of thioether (sulfide) groups is 1. The van der Waals surface area contributed by atoms with E-state index in [1.807, 2.05) is 11.8 Å². The van der Waals surface area contributed by atoms with E-state index in [0.717, 1.165) is 32.0 Å². The van der Waals surface area contributed by atoms with Gasteiger partial charge in [0.25, 0.3) is 0 Å². The van der Waals surface area contributed by atoms with Crippen molar-refractivity contribution in [3.8, 4) is 5.75 Å². The predicted octanol–water partition coefficient (Wildman–Crippen LogP) is 2.62. The van der Waals surface area contributed by atoms with Crippen molar-refractivity contribution in [2.45, 2.75) is 25.3 Å². The van der Waals surface area contributed by atoms with Crippen molar-refractivity contribution in [2.24, 2.45) is 5.92 Å². The van der Waals surface area contributed by atoms with Crippen molar-refractivity contribution in [2.75, 3.05) is 43.6 Å². The van der Waals surface area contributed by atoms with Crippen molar-refractivity contribution in [3.05, 3.63) is 23.2 Å². The molecular formula is C19H26ClN3O3S. The van der Waals surface area contributed by atoms with Gasteiger partial charge in [-0.3, -0.25) is 14.5 Å². The van der Waals surface area contributed by atoms with E-state index in [4.69, 9.17) is 16.3 Å². The van der Waals surface area contributed by atoms with Crippen LogP contribution in [-0.2, 0) is 9.59 Å². The Bertz CT molecular complexity index is 674. The Hall–Kier alpha value is -1.44. The molecule has 27 heavy (non-hydrogen) atoms. The van der Waals surface area contributed by atoms with E-state index in [1.54, 1.807) is 18.2 Å². The number of methoxy groups -OCH3 is 1. The van der Waals surface area contributed by atoms with Gasteiger partial charge in [0.05, 0.1) is 12.8 Å². The predicted molar refractivity (Wildman–Crippen MR) is 110 cm³/mol. The summed E-state index contributed by atoms with van der Waals surface area (Å²) in [6, 6.07) is 5.59. The summed E-state index contributed by atoms with van der Waals surface area (Å²) in [6.07, 6.45) is 3.41. The Morgan fingerprint density at radius 1 is 1.26 bits per heavy atom. The van der Waals surface area contributed by atoms with E-state index in [2.05, 4.69) is 15.5 Å². The monoisotopic (exact) mass is 411 g/mol. The highest BCUT2D eigenvalue weighted by Gasteiger charge is 2.28. The van der Waals surface area contributed by atoms with Gasteiger partial charge in [-0.05, 0) is 62.2 Å². The smallest absolute Gasteiger partial charge is 0.313 e. The number of nitrogens with one attached hydrogen (secondary N) is 2. The third kappa shape index (κ3) is 5.53. The van der Waals surface area contributed by atoms with Crippen LogP contribution in [0.3, 0.4) is 0 Å². The molecule has 148 valence electrons. The fourth-order valence-electron chi connectivity index (χ4n) is 3.61. The average Bonchev–Trinajstić information content (AvgIpc) is 3.21.